The Morgan fingerprint density at radius 3 is 2.27 bits per heavy atom. The number of benzene rings is 1. The number of esters is 1. The highest BCUT2D eigenvalue weighted by atomic mass is 16.8. The third kappa shape index (κ3) is 4.85. The molecule has 0 radical (unpaired) electrons. The number of hydrogen-bond donors (Lipinski definition) is 5. The molecule has 0 spiro atoms. The van der Waals surface area contributed by atoms with Gasteiger partial charge in [0.2, 0.25) is 17.3 Å². The first-order chi connectivity index (χ1) is 17.2. The molecule has 0 saturated carbocycles. The number of carboxylic acids is 3. The van der Waals surface area contributed by atoms with Crippen molar-refractivity contribution in [2.45, 2.75) is 74.8 Å². The molecule has 2 unspecified atom stereocenters. The Bertz CT molecular complexity index is 1090. The van der Waals surface area contributed by atoms with Gasteiger partial charge in [0.15, 0.2) is 5.79 Å². The Morgan fingerprint density at radius 2 is 1.76 bits per heavy atom. The molecule has 2 fully saturated rings. The summed E-state index contributed by atoms with van der Waals surface area (Å²) in [5, 5.41) is 50.5. The molecule has 7 atom stereocenters. The lowest BCUT2D eigenvalue weighted by Gasteiger charge is -2.48. The molecule has 12 heteroatoms. The number of aliphatic carboxylic acids is 3. The molecule has 5 N–H and O–H groups in total. The van der Waals surface area contributed by atoms with Crippen molar-refractivity contribution in [2.75, 3.05) is 0 Å². The van der Waals surface area contributed by atoms with Crippen LogP contribution < -0.4 is 0 Å². The summed E-state index contributed by atoms with van der Waals surface area (Å²) >= 11 is 0. The number of aliphatic hydroxyl groups is 2. The minimum Gasteiger partial charge on any atom is -0.479 e. The van der Waals surface area contributed by atoms with Gasteiger partial charge in [-0.2, -0.15) is 0 Å². The highest BCUT2D eigenvalue weighted by molar-refractivity contribution is 5.97. The van der Waals surface area contributed by atoms with Crippen molar-refractivity contribution < 1.29 is 58.9 Å². The molecular formula is C25H30O12. The van der Waals surface area contributed by atoms with Gasteiger partial charge in [0.25, 0.3) is 0 Å². The molecule has 1 aromatic carbocycles. The third-order valence-electron chi connectivity index (χ3n) is 6.91. The van der Waals surface area contributed by atoms with E-state index in [4.69, 9.17) is 14.2 Å². The van der Waals surface area contributed by atoms with Gasteiger partial charge < -0.3 is 39.7 Å². The van der Waals surface area contributed by atoms with E-state index < -0.39 is 65.6 Å². The van der Waals surface area contributed by atoms with Crippen LogP contribution in [0.5, 0.6) is 0 Å². The van der Waals surface area contributed by atoms with Crippen LogP contribution in [0.3, 0.4) is 0 Å². The van der Waals surface area contributed by atoms with Crippen LogP contribution >= 0.6 is 0 Å². The fraction of sp³-hybridized carbons (Fsp3) is 0.520. The second-order valence-electron chi connectivity index (χ2n) is 9.54. The van der Waals surface area contributed by atoms with E-state index in [1.165, 1.54) is 6.92 Å². The summed E-state index contributed by atoms with van der Waals surface area (Å²) in [7, 11) is 0. The normalized spacial score (nSPS) is 32.2. The van der Waals surface area contributed by atoms with Crippen LogP contribution in [-0.4, -0.2) is 84.7 Å². The summed E-state index contributed by atoms with van der Waals surface area (Å²) < 4.78 is 16.3. The minimum absolute atomic E-state index is 0.0304. The monoisotopic (exact) mass is 522 g/mol. The maximum atomic E-state index is 12.2. The van der Waals surface area contributed by atoms with Gasteiger partial charge in [-0.3, -0.25) is 4.79 Å². The van der Waals surface area contributed by atoms with E-state index in [1.807, 2.05) is 37.3 Å². The number of carboxylic acid groups (broad SMARTS) is 3. The molecule has 12 nitrogen and oxygen atoms in total. The number of carbonyl (C=O) groups is 4. The van der Waals surface area contributed by atoms with E-state index in [2.05, 4.69) is 6.58 Å². The van der Waals surface area contributed by atoms with Gasteiger partial charge in [-0.25, -0.2) is 14.4 Å². The zero-order valence-corrected chi connectivity index (χ0v) is 20.3. The fourth-order valence-electron chi connectivity index (χ4n) is 5.17. The van der Waals surface area contributed by atoms with Gasteiger partial charge in [-0.1, -0.05) is 43.8 Å². The molecule has 2 saturated heterocycles. The van der Waals surface area contributed by atoms with Crippen molar-refractivity contribution in [3.05, 3.63) is 48.0 Å². The molecule has 202 valence electrons. The molecule has 37 heavy (non-hydrogen) atoms. The van der Waals surface area contributed by atoms with Crippen LogP contribution in [0.25, 0.3) is 0 Å². The van der Waals surface area contributed by atoms with E-state index in [9.17, 15) is 44.7 Å². The predicted molar refractivity (Wildman–Crippen MR) is 123 cm³/mol. The van der Waals surface area contributed by atoms with Crippen molar-refractivity contribution in [3.8, 4) is 0 Å². The zero-order valence-electron chi connectivity index (χ0n) is 20.3. The Hall–Kier alpha value is -3.32. The summed E-state index contributed by atoms with van der Waals surface area (Å²) in [6.07, 6.45) is -5.87. The van der Waals surface area contributed by atoms with Crippen LogP contribution in [0.2, 0.25) is 0 Å². The predicted octanol–water partition coefficient (Wildman–Crippen LogP) is 0.733. The summed E-state index contributed by atoms with van der Waals surface area (Å²) in [5.74, 6) is -9.13. The van der Waals surface area contributed by atoms with Gasteiger partial charge >= 0.3 is 23.9 Å². The average molecular weight is 523 g/mol. The summed E-state index contributed by atoms with van der Waals surface area (Å²) in [4.78, 5) is 47.8. The molecule has 2 aliphatic heterocycles. The second kappa shape index (κ2) is 10.2. The lowest BCUT2D eigenvalue weighted by molar-refractivity contribution is -0.365. The summed E-state index contributed by atoms with van der Waals surface area (Å²) in [5.41, 5.74) is -5.48. The van der Waals surface area contributed by atoms with Gasteiger partial charge in [0.05, 0.1) is 0 Å². The Balaban J connectivity index is 1.87. The van der Waals surface area contributed by atoms with E-state index in [-0.39, 0.29) is 18.8 Å². The van der Waals surface area contributed by atoms with Crippen LogP contribution in [0.1, 0.15) is 38.7 Å². The standard InChI is InChI=1S/C25H30O12/c1-13(18(35-15(3)26)14(2)11-16-7-5-4-6-8-16)9-10-23-12-17(27)25(37-23,22(32)33)24(34,21(30)31)19(36-23)20(28)29/h4-8,14,17-19,27,34H,1,9-12H2,2-3H3,(H,28,29)(H,30,31)(H,32,33)/t14?,17-,18?,19-,23+,24-,25+/m0/s1. The van der Waals surface area contributed by atoms with Crippen molar-refractivity contribution >= 4 is 23.9 Å². The molecular weight excluding hydrogens is 492 g/mol. The first-order valence-corrected chi connectivity index (χ1v) is 11.6. The largest absolute Gasteiger partial charge is 0.479 e. The number of carbonyl (C=O) groups excluding carboxylic acids is 1. The van der Waals surface area contributed by atoms with Crippen molar-refractivity contribution in [1.29, 1.82) is 0 Å². The minimum atomic E-state index is -3.63. The lowest BCUT2D eigenvalue weighted by atomic mass is 9.75. The van der Waals surface area contributed by atoms with Gasteiger partial charge in [-0.05, 0) is 24.0 Å². The van der Waals surface area contributed by atoms with Crippen LogP contribution in [0.4, 0.5) is 0 Å². The SMILES string of the molecule is C=C(CC[C@]12C[C@H](O)[C@](C(=O)O)(O1)[C@@](O)(C(=O)O)[C@H](C(=O)O)O2)C(OC(C)=O)C(C)Cc1ccccc1. The molecule has 2 heterocycles. The van der Waals surface area contributed by atoms with Crippen molar-refractivity contribution in [3.63, 3.8) is 0 Å². The smallest absolute Gasteiger partial charge is 0.343 e. The van der Waals surface area contributed by atoms with Crippen LogP contribution in [0.15, 0.2) is 42.5 Å². The Labute approximate surface area is 212 Å². The molecule has 3 rings (SSSR count). The first kappa shape index (κ1) is 28.3. The summed E-state index contributed by atoms with van der Waals surface area (Å²) in [6, 6.07) is 9.42. The average Bonchev–Trinajstić information content (AvgIpc) is 3.09. The maximum Gasteiger partial charge on any atom is 0.343 e. The number of ether oxygens (including phenoxy) is 3. The molecule has 0 aromatic heterocycles. The first-order valence-electron chi connectivity index (χ1n) is 11.6. The van der Waals surface area contributed by atoms with Crippen molar-refractivity contribution in [2.24, 2.45) is 5.92 Å². The Morgan fingerprint density at radius 1 is 1.14 bits per heavy atom. The van der Waals surface area contributed by atoms with Gasteiger partial charge in [0.1, 0.15) is 12.2 Å². The van der Waals surface area contributed by atoms with E-state index >= 15 is 0 Å². The fourth-order valence-corrected chi connectivity index (χ4v) is 5.17. The van der Waals surface area contributed by atoms with Gasteiger partial charge in [-0.15, -0.1) is 0 Å². The van der Waals surface area contributed by atoms with E-state index in [1.54, 1.807) is 0 Å². The molecule has 2 aliphatic rings. The quantitative estimate of drug-likeness (QED) is 0.202. The van der Waals surface area contributed by atoms with Crippen LogP contribution in [0, 0.1) is 5.92 Å². The zero-order chi connectivity index (χ0) is 27.8. The van der Waals surface area contributed by atoms with E-state index in [0.717, 1.165) is 5.56 Å². The molecule has 2 bridgehead atoms. The highest BCUT2D eigenvalue weighted by Gasteiger charge is 2.81. The second-order valence-corrected chi connectivity index (χ2v) is 9.54. The van der Waals surface area contributed by atoms with Gasteiger partial charge in [0, 0.05) is 25.7 Å². The molecule has 0 aliphatic carbocycles. The van der Waals surface area contributed by atoms with Crippen LogP contribution in [-0.2, 0) is 39.8 Å². The van der Waals surface area contributed by atoms with E-state index in [0.29, 0.717) is 12.0 Å². The number of aliphatic hydroxyl groups excluding tert-OH is 1. The Kier molecular flexibility index (Phi) is 7.80. The number of hydrogen-bond acceptors (Lipinski definition) is 9. The lowest BCUT2D eigenvalue weighted by Crippen LogP contribution is -2.77. The molecule has 0 amide bonds. The summed E-state index contributed by atoms with van der Waals surface area (Å²) in [6.45, 7) is 7.07. The maximum absolute atomic E-state index is 12.2. The molecule has 1 aromatic rings. The topological polar surface area (TPSA) is 197 Å². The third-order valence-corrected chi connectivity index (χ3v) is 6.91. The van der Waals surface area contributed by atoms with Crippen molar-refractivity contribution in [1.82, 2.24) is 0 Å². The highest BCUT2D eigenvalue weighted by Crippen LogP contribution is 2.54. The number of fused-ring (bicyclic) bond motifs is 2. The number of rotatable bonds is 11.